The van der Waals surface area contributed by atoms with E-state index in [1.165, 1.54) is 17.9 Å². The molecule has 35 heavy (non-hydrogen) atoms. The van der Waals surface area contributed by atoms with Crippen molar-refractivity contribution in [2.45, 2.75) is 26.8 Å². The molecule has 2 heterocycles. The summed E-state index contributed by atoms with van der Waals surface area (Å²) in [7, 11) is 0. The fourth-order valence-corrected chi connectivity index (χ4v) is 3.62. The van der Waals surface area contributed by atoms with E-state index in [1.807, 2.05) is 26.0 Å². The number of amides is 4. The minimum Gasteiger partial charge on any atom is -0.493 e. The summed E-state index contributed by atoms with van der Waals surface area (Å²) < 4.78 is 16.8. The quantitative estimate of drug-likeness (QED) is 0.280. The largest absolute Gasteiger partial charge is 0.493 e. The lowest BCUT2D eigenvalue weighted by Crippen LogP contribution is -2.53. The van der Waals surface area contributed by atoms with Gasteiger partial charge >= 0.3 is 6.03 Å². The van der Waals surface area contributed by atoms with Gasteiger partial charge in [0.25, 0.3) is 11.8 Å². The zero-order valence-corrected chi connectivity index (χ0v) is 19.6. The maximum absolute atomic E-state index is 12.8. The minimum absolute atomic E-state index is 0.0672. The van der Waals surface area contributed by atoms with E-state index < -0.39 is 17.8 Å². The molecule has 0 spiro atoms. The molecule has 2 aromatic carbocycles. The van der Waals surface area contributed by atoms with Crippen LogP contribution in [0, 0.1) is 13.8 Å². The number of rotatable bonds is 9. The standard InChI is InChI=1S/C27H26N2O6/c1-18-6-11-24(19(2)15-18)35-14-4-13-33-21-9-7-20(8-10-21)16-23-25(30)28-27(32)29(26(23)31)17-22-5-3-12-34-22/h3,5-12,15-16H,4,13-14,17H2,1-2H3,(H,28,30,32)/b23-16-. The van der Waals surface area contributed by atoms with Crippen LogP contribution in [0.15, 0.2) is 70.9 Å². The van der Waals surface area contributed by atoms with Crippen LogP contribution in [0.1, 0.15) is 28.9 Å². The van der Waals surface area contributed by atoms with Crippen molar-refractivity contribution in [2.75, 3.05) is 13.2 Å². The first-order valence-corrected chi connectivity index (χ1v) is 11.2. The third kappa shape index (κ3) is 5.97. The summed E-state index contributed by atoms with van der Waals surface area (Å²) >= 11 is 0. The SMILES string of the molecule is Cc1ccc(OCCCOc2ccc(/C=C3/C(=O)NC(=O)N(Cc4ccco4)C3=O)cc2)c(C)c1. The molecule has 0 saturated carbocycles. The summed E-state index contributed by atoms with van der Waals surface area (Å²) in [5, 5.41) is 2.19. The summed E-state index contributed by atoms with van der Waals surface area (Å²) in [5.74, 6) is 0.550. The first-order valence-electron chi connectivity index (χ1n) is 11.2. The maximum atomic E-state index is 12.8. The number of imide groups is 2. The number of benzene rings is 2. The lowest BCUT2D eigenvalue weighted by Gasteiger charge is -2.25. The van der Waals surface area contributed by atoms with Gasteiger partial charge in [0.05, 0.1) is 26.0 Å². The lowest BCUT2D eigenvalue weighted by molar-refractivity contribution is -0.130. The van der Waals surface area contributed by atoms with Gasteiger partial charge in [-0.1, -0.05) is 29.8 Å². The Kier molecular flexibility index (Phi) is 7.30. The average molecular weight is 475 g/mol. The van der Waals surface area contributed by atoms with Crippen LogP contribution in [-0.2, 0) is 16.1 Å². The number of barbiturate groups is 1. The Morgan fingerprint density at radius 2 is 1.74 bits per heavy atom. The Morgan fingerprint density at radius 1 is 0.971 bits per heavy atom. The summed E-state index contributed by atoms with van der Waals surface area (Å²) in [5.41, 5.74) is 2.80. The van der Waals surface area contributed by atoms with E-state index in [0.717, 1.165) is 16.2 Å². The van der Waals surface area contributed by atoms with Gasteiger partial charge in [-0.05, 0) is 61.4 Å². The first-order chi connectivity index (χ1) is 16.9. The second-order valence-electron chi connectivity index (χ2n) is 8.18. The Labute approximate surface area is 203 Å². The van der Waals surface area contributed by atoms with Gasteiger partial charge in [-0.2, -0.15) is 0 Å². The number of furan rings is 1. The molecule has 180 valence electrons. The van der Waals surface area contributed by atoms with Crippen molar-refractivity contribution in [3.05, 3.63) is 88.9 Å². The third-order valence-corrected chi connectivity index (χ3v) is 5.42. The van der Waals surface area contributed by atoms with Gasteiger partial charge in [-0.25, -0.2) is 4.79 Å². The first kappa shape index (κ1) is 23.8. The summed E-state index contributed by atoms with van der Waals surface area (Å²) in [6.07, 6.45) is 3.61. The molecule has 4 rings (SSSR count). The van der Waals surface area contributed by atoms with Gasteiger partial charge < -0.3 is 13.9 Å². The van der Waals surface area contributed by atoms with Crippen LogP contribution < -0.4 is 14.8 Å². The van der Waals surface area contributed by atoms with Crippen LogP contribution in [-0.4, -0.2) is 36.0 Å². The van der Waals surface area contributed by atoms with Crippen molar-refractivity contribution in [1.29, 1.82) is 0 Å². The van der Waals surface area contributed by atoms with Crippen molar-refractivity contribution < 1.29 is 28.3 Å². The summed E-state index contributed by atoms with van der Waals surface area (Å²) in [4.78, 5) is 38.1. The molecule has 0 radical (unpaired) electrons. The van der Waals surface area contributed by atoms with E-state index in [4.69, 9.17) is 13.9 Å². The molecule has 1 aliphatic rings. The Hall–Kier alpha value is -4.33. The molecule has 1 fully saturated rings. The molecular weight excluding hydrogens is 448 g/mol. The summed E-state index contributed by atoms with van der Waals surface area (Å²) in [6.45, 7) is 5.03. The third-order valence-electron chi connectivity index (χ3n) is 5.42. The maximum Gasteiger partial charge on any atom is 0.331 e. The number of hydrogen-bond donors (Lipinski definition) is 1. The number of carbonyl (C=O) groups is 3. The zero-order valence-electron chi connectivity index (χ0n) is 19.6. The lowest BCUT2D eigenvalue weighted by atomic mass is 10.1. The molecule has 8 nitrogen and oxygen atoms in total. The van der Waals surface area contributed by atoms with Gasteiger partial charge in [0.15, 0.2) is 0 Å². The Morgan fingerprint density at radius 3 is 2.46 bits per heavy atom. The Balaban J connectivity index is 1.31. The molecule has 8 heteroatoms. The molecule has 0 unspecified atom stereocenters. The van der Waals surface area contributed by atoms with Crippen LogP contribution in [0.2, 0.25) is 0 Å². The minimum atomic E-state index is -0.779. The molecule has 1 aromatic heterocycles. The van der Waals surface area contributed by atoms with Gasteiger partial charge in [-0.15, -0.1) is 0 Å². The Bertz CT molecular complexity index is 1250. The monoisotopic (exact) mass is 474 g/mol. The van der Waals surface area contributed by atoms with Crippen molar-refractivity contribution >= 4 is 23.9 Å². The van der Waals surface area contributed by atoms with E-state index in [0.29, 0.717) is 36.7 Å². The molecule has 1 saturated heterocycles. The average Bonchev–Trinajstić information content (AvgIpc) is 3.35. The smallest absolute Gasteiger partial charge is 0.331 e. The number of urea groups is 1. The number of nitrogens with one attached hydrogen (secondary N) is 1. The molecule has 1 N–H and O–H groups in total. The second-order valence-corrected chi connectivity index (χ2v) is 8.18. The van der Waals surface area contributed by atoms with Gasteiger partial charge in [0.2, 0.25) is 0 Å². The fourth-order valence-electron chi connectivity index (χ4n) is 3.62. The highest BCUT2D eigenvalue weighted by molar-refractivity contribution is 6.30. The highest BCUT2D eigenvalue weighted by Crippen LogP contribution is 2.20. The molecule has 0 bridgehead atoms. The molecule has 1 aliphatic heterocycles. The van der Waals surface area contributed by atoms with Crippen molar-refractivity contribution in [3.8, 4) is 11.5 Å². The van der Waals surface area contributed by atoms with E-state index in [-0.39, 0.29) is 12.1 Å². The van der Waals surface area contributed by atoms with Crippen LogP contribution in [0.3, 0.4) is 0 Å². The number of hydrogen-bond acceptors (Lipinski definition) is 6. The van der Waals surface area contributed by atoms with Crippen LogP contribution >= 0.6 is 0 Å². The topological polar surface area (TPSA) is 98.1 Å². The van der Waals surface area contributed by atoms with Crippen molar-refractivity contribution in [2.24, 2.45) is 0 Å². The molecule has 4 amide bonds. The normalized spacial score (nSPS) is 14.9. The predicted octanol–water partition coefficient (Wildman–Crippen LogP) is 4.41. The van der Waals surface area contributed by atoms with Gasteiger partial charge in [0, 0.05) is 6.42 Å². The van der Waals surface area contributed by atoms with Crippen molar-refractivity contribution in [3.63, 3.8) is 0 Å². The molecular formula is C27H26N2O6. The van der Waals surface area contributed by atoms with Crippen LogP contribution in [0.5, 0.6) is 11.5 Å². The van der Waals surface area contributed by atoms with E-state index in [2.05, 4.69) is 11.4 Å². The number of carbonyl (C=O) groups excluding carboxylic acids is 3. The fraction of sp³-hybridized carbons (Fsp3) is 0.222. The van der Waals surface area contributed by atoms with E-state index >= 15 is 0 Å². The highest BCUT2D eigenvalue weighted by atomic mass is 16.5. The zero-order chi connectivity index (χ0) is 24.8. The van der Waals surface area contributed by atoms with Crippen LogP contribution in [0.25, 0.3) is 6.08 Å². The van der Waals surface area contributed by atoms with E-state index in [1.54, 1.807) is 36.4 Å². The molecule has 3 aromatic rings. The van der Waals surface area contributed by atoms with Gasteiger partial charge in [-0.3, -0.25) is 19.8 Å². The van der Waals surface area contributed by atoms with E-state index in [9.17, 15) is 14.4 Å². The number of aryl methyl sites for hydroxylation is 2. The molecule has 0 atom stereocenters. The second kappa shape index (κ2) is 10.7. The van der Waals surface area contributed by atoms with Crippen LogP contribution in [0.4, 0.5) is 4.79 Å². The summed E-state index contributed by atoms with van der Waals surface area (Å²) in [6, 6.07) is 15.6. The van der Waals surface area contributed by atoms with Crippen molar-refractivity contribution in [1.82, 2.24) is 10.2 Å². The molecule has 0 aliphatic carbocycles. The predicted molar refractivity (Wildman–Crippen MR) is 129 cm³/mol. The number of ether oxygens (including phenoxy) is 2. The number of nitrogens with zero attached hydrogens (tertiary/aromatic N) is 1. The van der Waals surface area contributed by atoms with Gasteiger partial charge in [0.1, 0.15) is 22.8 Å². The highest BCUT2D eigenvalue weighted by Gasteiger charge is 2.36.